The fourth-order valence-electron chi connectivity index (χ4n) is 3.86. The molecule has 4 atom stereocenters. The molecular weight excluding hydrogens is 368 g/mol. The lowest BCUT2D eigenvalue weighted by molar-refractivity contribution is -0.117. The number of hydrogen-bond donors (Lipinski definition) is 2. The summed E-state index contributed by atoms with van der Waals surface area (Å²) in [7, 11) is -0.941. The van der Waals surface area contributed by atoms with Gasteiger partial charge in [0.05, 0.1) is 6.04 Å². The average Bonchev–Trinajstić information content (AvgIpc) is 2.98. The Hall–Kier alpha value is -0.910. The van der Waals surface area contributed by atoms with Gasteiger partial charge in [-0.05, 0) is 63.6 Å². The predicted molar refractivity (Wildman–Crippen MR) is 111 cm³/mol. The maximum Gasteiger partial charge on any atom is 0.241 e. The molecule has 4 unspecified atom stereocenters. The molecule has 4 nitrogen and oxygen atoms in total. The van der Waals surface area contributed by atoms with Crippen molar-refractivity contribution in [3.8, 4) is 0 Å². The summed E-state index contributed by atoms with van der Waals surface area (Å²) in [6.45, 7) is 5.96. The number of hydrogen-bond acceptors (Lipinski definition) is 3. The summed E-state index contributed by atoms with van der Waals surface area (Å²) < 4.78 is 12.1. The standard InChI is InChI=1S/C20H30N2O2S.ClH/c1-20(2,3)25(24)13-14-7-6-9-16(11-14)21-19(23)18-12-15-8-4-5-10-17(15)22-18;/h6-7,9,11,15,17-18,22H,4-5,8,10,12-13H2,1-3H3,(H,21,23);1H. The molecule has 1 saturated heterocycles. The second-order valence-corrected chi connectivity index (χ2v) is 10.6. The van der Waals surface area contributed by atoms with E-state index in [0.29, 0.717) is 17.7 Å². The number of fused-ring (bicyclic) bond motifs is 1. The van der Waals surface area contributed by atoms with Gasteiger partial charge in [0.25, 0.3) is 0 Å². The monoisotopic (exact) mass is 398 g/mol. The zero-order valence-electron chi connectivity index (χ0n) is 15.9. The molecule has 1 aliphatic carbocycles. The minimum Gasteiger partial charge on any atom is -0.325 e. The maximum atomic E-state index is 12.6. The summed E-state index contributed by atoms with van der Waals surface area (Å²) in [5.41, 5.74) is 1.80. The van der Waals surface area contributed by atoms with Gasteiger partial charge in [-0.3, -0.25) is 9.00 Å². The third-order valence-corrected chi connectivity index (χ3v) is 7.32. The molecule has 26 heavy (non-hydrogen) atoms. The molecule has 1 aromatic rings. The van der Waals surface area contributed by atoms with E-state index >= 15 is 0 Å². The number of carbonyl (C=O) groups is 1. The van der Waals surface area contributed by atoms with Gasteiger partial charge in [0.15, 0.2) is 0 Å². The number of rotatable bonds is 4. The Morgan fingerprint density at radius 1 is 1.27 bits per heavy atom. The molecule has 0 radical (unpaired) electrons. The van der Waals surface area contributed by atoms with E-state index < -0.39 is 10.8 Å². The molecule has 2 aliphatic rings. The third-order valence-electron chi connectivity index (χ3n) is 5.35. The Morgan fingerprint density at radius 2 is 2.00 bits per heavy atom. The van der Waals surface area contributed by atoms with Crippen molar-refractivity contribution in [3.63, 3.8) is 0 Å². The summed E-state index contributed by atoms with van der Waals surface area (Å²) >= 11 is 0. The van der Waals surface area contributed by atoms with Crippen LogP contribution in [0.4, 0.5) is 5.69 Å². The van der Waals surface area contributed by atoms with E-state index in [1.54, 1.807) is 0 Å². The fraction of sp³-hybridized carbons (Fsp3) is 0.650. The second kappa shape index (κ2) is 8.85. The Balaban J connectivity index is 0.00000243. The first-order chi connectivity index (χ1) is 11.8. The lowest BCUT2D eigenvalue weighted by Crippen LogP contribution is -2.39. The number of benzene rings is 1. The van der Waals surface area contributed by atoms with Crippen LogP contribution in [0.2, 0.25) is 0 Å². The number of nitrogens with one attached hydrogen (secondary N) is 2. The minimum atomic E-state index is -0.941. The summed E-state index contributed by atoms with van der Waals surface area (Å²) in [6.07, 6.45) is 5.96. The molecular formula is C20H31ClN2O2S. The molecule has 3 rings (SSSR count). The van der Waals surface area contributed by atoms with E-state index in [4.69, 9.17) is 0 Å². The normalized spacial score (nSPS) is 26.5. The minimum absolute atomic E-state index is 0. The van der Waals surface area contributed by atoms with Crippen LogP contribution in [0.5, 0.6) is 0 Å². The zero-order chi connectivity index (χ0) is 18.0. The molecule has 146 valence electrons. The lowest BCUT2D eigenvalue weighted by atomic mass is 9.85. The van der Waals surface area contributed by atoms with Gasteiger partial charge in [-0.2, -0.15) is 0 Å². The Labute approximate surface area is 165 Å². The van der Waals surface area contributed by atoms with Crippen LogP contribution in [0.25, 0.3) is 0 Å². The highest BCUT2D eigenvalue weighted by atomic mass is 35.5. The van der Waals surface area contributed by atoms with Crippen LogP contribution in [0, 0.1) is 5.92 Å². The van der Waals surface area contributed by atoms with Crippen LogP contribution in [0.3, 0.4) is 0 Å². The van der Waals surface area contributed by atoms with E-state index in [1.165, 1.54) is 25.7 Å². The van der Waals surface area contributed by atoms with Crippen molar-refractivity contribution in [1.82, 2.24) is 5.32 Å². The van der Waals surface area contributed by atoms with Crippen LogP contribution in [0.15, 0.2) is 24.3 Å². The van der Waals surface area contributed by atoms with Crippen molar-refractivity contribution in [3.05, 3.63) is 29.8 Å². The highest BCUT2D eigenvalue weighted by Crippen LogP contribution is 2.33. The Kier molecular flexibility index (Phi) is 7.28. The van der Waals surface area contributed by atoms with Crippen molar-refractivity contribution < 1.29 is 9.00 Å². The summed E-state index contributed by atoms with van der Waals surface area (Å²) in [5.74, 6) is 1.23. The van der Waals surface area contributed by atoms with Crippen molar-refractivity contribution in [2.45, 2.75) is 75.5 Å². The Bertz CT molecular complexity index is 645. The number of amides is 1. The van der Waals surface area contributed by atoms with Gasteiger partial charge in [-0.1, -0.05) is 25.0 Å². The highest BCUT2D eigenvalue weighted by Gasteiger charge is 2.38. The second-order valence-electron chi connectivity index (χ2n) is 8.40. The first-order valence-corrected chi connectivity index (χ1v) is 10.7. The van der Waals surface area contributed by atoms with Crippen molar-refractivity contribution >= 4 is 34.8 Å². The van der Waals surface area contributed by atoms with Crippen LogP contribution in [0.1, 0.15) is 58.4 Å². The first-order valence-electron chi connectivity index (χ1n) is 9.37. The fourth-order valence-corrected chi connectivity index (χ4v) is 4.77. The largest absolute Gasteiger partial charge is 0.325 e. The van der Waals surface area contributed by atoms with Gasteiger partial charge in [-0.25, -0.2) is 0 Å². The third kappa shape index (κ3) is 5.30. The van der Waals surface area contributed by atoms with E-state index in [-0.39, 0.29) is 29.1 Å². The van der Waals surface area contributed by atoms with Gasteiger partial charge in [0, 0.05) is 33.0 Å². The van der Waals surface area contributed by atoms with Gasteiger partial charge in [-0.15, -0.1) is 12.4 Å². The number of anilines is 1. The van der Waals surface area contributed by atoms with Crippen molar-refractivity contribution in [2.24, 2.45) is 5.92 Å². The summed E-state index contributed by atoms with van der Waals surface area (Å²) in [5, 5.41) is 6.56. The zero-order valence-corrected chi connectivity index (χ0v) is 17.6. The number of halogens is 1. The van der Waals surface area contributed by atoms with Crippen molar-refractivity contribution in [2.75, 3.05) is 5.32 Å². The molecule has 1 amide bonds. The molecule has 1 aliphatic heterocycles. The average molecular weight is 399 g/mol. The van der Waals surface area contributed by atoms with Crippen LogP contribution < -0.4 is 10.6 Å². The SMILES string of the molecule is CC(C)(C)S(=O)Cc1cccc(NC(=O)C2CC3CCCCC3N2)c1.Cl. The van der Waals surface area contributed by atoms with Gasteiger partial charge in [0.2, 0.25) is 5.91 Å². The molecule has 6 heteroatoms. The topological polar surface area (TPSA) is 58.2 Å². The quantitative estimate of drug-likeness (QED) is 0.805. The van der Waals surface area contributed by atoms with Gasteiger partial charge >= 0.3 is 0 Å². The predicted octanol–water partition coefficient (Wildman–Crippen LogP) is 4.01. The maximum absolute atomic E-state index is 12.6. The summed E-state index contributed by atoms with van der Waals surface area (Å²) in [6, 6.07) is 8.19. The van der Waals surface area contributed by atoms with E-state index in [1.807, 2.05) is 45.0 Å². The Morgan fingerprint density at radius 3 is 2.69 bits per heavy atom. The summed E-state index contributed by atoms with van der Waals surface area (Å²) in [4.78, 5) is 12.6. The van der Waals surface area contributed by atoms with E-state index in [2.05, 4.69) is 10.6 Å². The van der Waals surface area contributed by atoms with Crippen LogP contribution in [-0.2, 0) is 21.3 Å². The molecule has 0 aromatic heterocycles. The molecule has 1 heterocycles. The molecule has 1 aromatic carbocycles. The van der Waals surface area contributed by atoms with E-state index in [9.17, 15) is 9.00 Å². The molecule has 0 bridgehead atoms. The molecule has 0 spiro atoms. The van der Waals surface area contributed by atoms with Gasteiger partial charge < -0.3 is 10.6 Å². The van der Waals surface area contributed by atoms with Gasteiger partial charge in [0.1, 0.15) is 0 Å². The molecule has 2 N–H and O–H groups in total. The number of carbonyl (C=O) groups excluding carboxylic acids is 1. The molecule has 1 saturated carbocycles. The van der Waals surface area contributed by atoms with E-state index in [0.717, 1.165) is 17.7 Å². The highest BCUT2D eigenvalue weighted by molar-refractivity contribution is 7.85. The first kappa shape index (κ1) is 21.4. The smallest absolute Gasteiger partial charge is 0.241 e. The molecule has 2 fully saturated rings. The van der Waals surface area contributed by atoms with Crippen molar-refractivity contribution in [1.29, 1.82) is 0 Å². The van der Waals surface area contributed by atoms with Crippen LogP contribution in [-0.4, -0.2) is 26.9 Å². The lowest BCUT2D eigenvalue weighted by Gasteiger charge is -2.24. The van der Waals surface area contributed by atoms with Crippen LogP contribution >= 0.6 is 12.4 Å².